The van der Waals surface area contributed by atoms with Crippen molar-refractivity contribution in [3.63, 3.8) is 0 Å². The topological polar surface area (TPSA) is 38.7 Å². The van der Waals surface area contributed by atoms with Crippen LogP contribution in [0.1, 0.15) is 10.7 Å². The second-order valence-corrected chi connectivity index (χ2v) is 5.44. The molecule has 0 saturated heterocycles. The second-order valence-electron chi connectivity index (χ2n) is 3.33. The van der Waals surface area contributed by atoms with Gasteiger partial charge in [0.05, 0.1) is 15.9 Å². The lowest BCUT2D eigenvalue weighted by Gasteiger charge is -1.86. The third-order valence-corrected chi connectivity index (χ3v) is 3.90. The van der Waals surface area contributed by atoms with Gasteiger partial charge in [0.2, 0.25) is 0 Å². The normalized spacial score (nSPS) is 11.6. The van der Waals surface area contributed by atoms with Crippen molar-refractivity contribution in [2.45, 2.75) is 0 Å². The van der Waals surface area contributed by atoms with Gasteiger partial charge in [-0.3, -0.25) is 0 Å². The quantitative estimate of drug-likeness (QED) is 0.712. The lowest BCUT2D eigenvalue weighted by molar-refractivity contribution is 1.14. The molecule has 17 heavy (non-hydrogen) atoms. The van der Waals surface area contributed by atoms with Crippen LogP contribution in [0.15, 0.2) is 23.6 Å². The standard InChI is InChI=1S/C11H6ClN3S2/c12-7-1-3-10-9(5-7)13-11(17-10)4-2-8-6-16-15-14-8/h1-6H. The van der Waals surface area contributed by atoms with E-state index >= 15 is 0 Å². The van der Waals surface area contributed by atoms with Gasteiger partial charge in [-0.1, -0.05) is 16.1 Å². The zero-order chi connectivity index (χ0) is 11.7. The molecule has 3 rings (SSSR count). The molecule has 0 unspecified atom stereocenters. The predicted octanol–water partition coefficient (Wildman–Crippen LogP) is 3.97. The second kappa shape index (κ2) is 4.52. The Hall–Kier alpha value is -1.30. The van der Waals surface area contributed by atoms with E-state index in [4.69, 9.17) is 11.6 Å². The minimum absolute atomic E-state index is 0.710. The predicted molar refractivity (Wildman–Crippen MR) is 73.5 cm³/mol. The van der Waals surface area contributed by atoms with Gasteiger partial charge in [-0.25, -0.2) is 4.98 Å². The molecule has 0 bridgehead atoms. The van der Waals surface area contributed by atoms with E-state index in [9.17, 15) is 0 Å². The van der Waals surface area contributed by atoms with Crippen LogP contribution in [-0.4, -0.2) is 14.6 Å². The van der Waals surface area contributed by atoms with Crippen molar-refractivity contribution >= 4 is 56.8 Å². The van der Waals surface area contributed by atoms with Gasteiger partial charge in [-0.15, -0.1) is 16.4 Å². The molecule has 0 N–H and O–H groups in total. The summed E-state index contributed by atoms with van der Waals surface area (Å²) in [5, 5.41) is 7.48. The maximum absolute atomic E-state index is 5.92. The van der Waals surface area contributed by atoms with E-state index in [1.54, 1.807) is 11.3 Å². The Labute approximate surface area is 111 Å². The number of nitrogens with zero attached hydrogens (tertiary/aromatic N) is 3. The van der Waals surface area contributed by atoms with Gasteiger partial charge >= 0.3 is 0 Å². The van der Waals surface area contributed by atoms with Crippen molar-refractivity contribution in [3.8, 4) is 0 Å². The minimum Gasteiger partial charge on any atom is -0.237 e. The summed E-state index contributed by atoms with van der Waals surface area (Å²) in [5.41, 5.74) is 1.78. The molecule has 3 aromatic rings. The van der Waals surface area contributed by atoms with Crippen molar-refractivity contribution in [1.82, 2.24) is 14.6 Å². The van der Waals surface area contributed by atoms with Crippen LogP contribution in [0.5, 0.6) is 0 Å². The molecule has 0 amide bonds. The number of rotatable bonds is 2. The van der Waals surface area contributed by atoms with Crippen LogP contribution in [-0.2, 0) is 0 Å². The zero-order valence-corrected chi connectivity index (χ0v) is 10.9. The summed E-state index contributed by atoms with van der Waals surface area (Å²) in [7, 11) is 0. The molecule has 6 heteroatoms. The van der Waals surface area contributed by atoms with Gasteiger partial charge < -0.3 is 0 Å². The van der Waals surface area contributed by atoms with Gasteiger partial charge in [0.15, 0.2) is 0 Å². The van der Waals surface area contributed by atoms with E-state index in [0.29, 0.717) is 5.02 Å². The van der Waals surface area contributed by atoms with Crippen LogP contribution in [0.2, 0.25) is 5.02 Å². The highest BCUT2D eigenvalue weighted by atomic mass is 35.5. The number of hydrogen-bond acceptors (Lipinski definition) is 5. The first-order valence-electron chi connectivity index (χ1n) is 4.82. The minimum atomic E-state index is 0.710. The first kappa shape index (κ1) is 10.8. The molecule has 84 valence electrons. The fourth-order valence-corrected chi connectivity index (χ4v) is 2.83. The maximum atomic E-state index is 5.92. The molecule has 0 aliphatic heterocycles. The van der Waals surface area contributed by atoms with Gasteiger partial charge in [-0.2, -0.15) is 0 Å². The van der Waals surface area contributed by atoms with Gasteiger partial charge in [0, 0.05) is 10.4 Å². The van der Waals surface area contributed by atoms with Crippen LogP contribution in [0.25, 0.3) is 22.4 Å². The maximum Gasteiger partial charge on any atom is 0.117 e. The first-order chi connectivity index (χ1) is 8.31. The molecule has 3 nitrogen and oxygen atoms in total. The zero-order valence-electron chi connectivity index (χ0n) is 8.50. The van der Waals surface area contributed by atoms with E-state index in [1.165, 1.54) is 11.5 Å². The summed E-state index contributed by atoms with van der Waals surface area (Å²) < 4.78 is 4.92. The Morgan fingerprint density at radius 1 is 1.24 bits per heavy atom. The molecule has 0 atom stereocenters. The highest BCUT2D eigenvalue weighted by molar-refractivity contribution is 7.19. The fraction of sp³-hybridized carbons (Fsp3) is 0. The average molecular weight is 280 g/mol. The molecule has 0 aliphatic rings. The number of benzene rings is 1. The lowest BCUT2D eigenvalue weighted by atomic mass is 10.3. The molecule has 0 spiro atoms. The fourth-order valence-electron chi connectivity index (χ4n) is 1.39. The number of halogens is 1. The Bertz CT molecular complexity index is 673. The van der Waals surface area contributed by atoms with Gasteiger partial charge in [0.1, 0.15) is 5.01 Å². The summed E-state index contributed by atoms with van der Waals surface area (Å²) in [6.07, 6.45) is 3.85. The summed E-state index contributed by atoms with van der Waals surface area (Å²) in [6, 6.07) is 5.73. The molecular weight excluding hydrogens is 274 g/mol. The number of hydrogen-bond donors (Lipinski definition) is 0. The molecule has 0 aliphatic carbocycles. The summed E-state index contributed by atoms with van der Waals surface area (Å²) in [4.78, 5) is 4.48. The third kappa shape index (κ3) is 2.36. The van der Waals surface area contributed by atoms with Crippen molar-refractivity contribution in [3.05, 3.63) is 39.3 Å². The smallest absolute Gasteiger partial charge is 0.117 e. The first-order valence-corrected chi connectivity index (χ1v) is 6.85. The molecule has 0 radical (unpaired) electrons. The summed E-state index contributed by atoms with van der Waals surface area (Å²) in [5.74, 6) is 0. The van der Waals surface area contributed by atoms with Gasteiger partial charge in [-0.05, 0) is 41.9 Å². The Morgan fingerprint density at radius 2 is 2.18 bits per heavy atom. The molecule has 2 heterocycles. The monoisotopic (exact) mass is 279 g/mol. The van der Waals surface area contributed by atoms with E-state index in [-0.39, 0.29) is 0 Å². The summed E-state index contributed by atoms with van der Waals surface area (Å²) in [6.45, 7) is 0. The largest absolute Gasteiger partial charge is 0.237 e. The lowest BCUT2D eigenvalue weighted by Crippen LogP contribution is -1.72. The van der Waals surface area contributed by atoms with Crippen LogP contribution in [0.3, 0.4) is 0 Å². The summed E-state index contributed by atoms with van der Waals surface area (Å²) >= 11 is 8.88. The van der Waals surface area contributed by atoms with Crippen molar-refractivity contribution < 1.29 is 0 Å². The van der Waals surface area contributed by atoms with Crippen molar-refractivity contribution in [2.75, 3.05) is 0 Å². The highest BCUT2D eigenvalue weighted by Crippen LogP contribution is 2.25. The molecule has 2 aromatic heterocycles. The van der Waals surface area contributed by atoms with Crippen molar-refractivity contribution in [2.24, 2.45) is 0 Å². The van der Waals surface area contributed by atoms with Crippen molar-refractivity contribution in [1.29, 1.82) is 0 Å². The van der Waals surface area contributed by atoms with E-state index < -0.39 is 0 Å². The molecule has 0 saturated carbocycles. The van der Waals surface area contributed by atoms with E-state index in [1.807, 2.05) is 35.7 Å². The average Bonchev–Trinajstić information content (AvgIpc) is 2.94. The van der Waals surface area contributed by atoms with Crippen LogP contribution >= 0.6 is 34.5 Å². The number of thiazole rings is 1. The van der Waals surface area contributed by atoms with Crippen LogP contribution in [0, 0.1) is 0 Å². The van der Waals surface area contributed by atoms with Gasteiger partial charge in [0.25, 0.3) is 0 Å². The Kier molecular flexibility index (Phi) is 2.88. The highest BCUT2D eigenvalue weighted by Gasteiger charge is 2.01. The van der Waals surface area contributed by atoms with Crippen LogP contribution < -0.4 is 0 Å². The SMILES string of the molecule is Clc1ccc2sc(C=Cc3csnn3)nc2c1. The number of fused-ring (bicyclic) bond motifs is 1. The third-order valence-electron chi connectivity index (χ3n) is 2.14. The molecule has 1 aromatic carbocycles. The molecular formula is C11H6ClN3S2. The van der Waals surface area contributed by atoms with E-state index in [2.05, 4.69) is 14.6 Å². The Balaban J connectivity index is 1.96. The Morgan fingerprint density at radius 3 is 3.00 bits per heavy atom. The van der Waals surface area contributed by atoms with E-state index in [0.717, 1.165) is 20.9 Å². The van der Waals surface area contributed by atoms with Crippen LogP contribution in [0.4, 0.5) is 0 Å². The number of aromatic nitrogens is 3. The molecule has 0 fully saturated rings.